The number of carbonyl (C=O) groups excluding carboxylic acids is 2. The SMILES string of the molecule is CNCC(O)c1ccc2c(c1)CN(C(=O)C(=CC(C(C)=O)C(C)C)CO)C2. The highest BCUT2D eigenvalue weighted by atomic mass is 16.3. The molecule has 6 nitrogen and oxygen atoms in total. The van der Waals surface area contributed by atoms with Crippen LogP contribution in [0.1, 0.15) is 43.6 Å². The first kappa shape index (κ1) is 21.3. The van der Waals surface area contributed by atoms with Crippen molar-refractivity contribution in [1.82, 2.24) is 10.2 Å². The lowest BCUT2D eigenvalue weighted by Gasteiger charge is -2.19. The van der Waals surface area contributed by atoms with Gasteiger partial charge in [0.15, 0.2) is 0 Å². The monoisotopic (exact) mass is 374 g/mol. The van der Waals surface area contributed by atoms with Crippen molar-refractivity contribution in [2.45, 2.75) is 40.0 Å². The molecule has 0 bridgehead atoms. The minimum atomic E-state index is -0.597. The lowest BCUT2D eigenvalue weighted by Crippen LogP contribution is -2.29. The van der Waals surface area contributed by atoms with E-state index in [2.05, 4.69) is 5.32 Å². The second kappa shape index (κ2) is 9.26. The quantitative estimate of drug-likeness (QED) is 0.601. The van der Waals surface area contributed by atoms with Crippen molar-refractivity contribution in [2.75, 3.05) is 20.2 Å². The molecule has 0 saturated carbocycles. The van der Waals surface area contributed by atoms with Crippen molar-refractivity contribution < 1.29 is 19.8 Å². The standard InChI is InChI=1S/C21H30N2O4/c1-13(2)19(14(3)25)8-18(12-24)21(27)23-10-16-6-5-15(7-17(16)11-23)20(26)9-22-4/h5-8,13,19-20,22,24,26H,9-12H2,1-4H3. The Bertz CT molecular complexity index is 727. The second-order valence-electron chi connectivity index (χ2n) is 7.49. The van der Waals surface area contributed by atoms with Gasteiger partial charge in [-0.3, -0.25) is 9.59 Å². The number of nitrogens with zero attached hydrogens (tertiary/aromatic N) is 1. The van der Waals surface area contributed by atoms with Crippen molar-refractivity contribution in [1.29, 1.82) is 0 Å². The number of nitrogens with one attached hydrogen (secondary N) is 1. The minimum Gasteiger partial charge on any atom is -0.391 e. The number of allylic oxidation sites excluding steroid dienone is 1. The number of hydrogen-bond acceptors (Lipinski definition) is 5. The Morgan fingerprint density at radius 3 is 2.48 bits per heavy atom. The van der Waals surface area contributed by atoms with Gasteiger partial charge < -0.3 is 20.4 Å². The number of benzene rings is 1. The summed E-state index contributed by atoms with van der Waals surface area (Å²) in [4.78, 5) is 26.4. The molecular formula is C21H30N2O4. The molecule has 1 aromatic rings. The van der Waals surface area contributed by atoms with Crippen molar-refractivity contribution in [3.63, 3.8) is 0 Å². The van der Waals surface area contributed by atoms with Crippen molar-refractivity contribution in [3.8, 4) is 0 Å². The summed E-state index contributed by atoms with van der Waals surface area (Å²) in [7, 11) is 1.78. The zero-order valence-corrected chi connectivity index (χ0v) is 16.5. The molecule has 3 N–H and O–H groups in total. The first-order valence-corrected chi connectivity index (χ1v) is 9.34. The predicted octanol–water partition coefficient (Wildman–Crippen LogP) is 1.56. The molecule has 0 spiro atoms. The summed E-state index contributed by atoms with van der Waals surface area (Å²) in [5.41, 5.74) is 3.10. The molecule has 1 amide bonds. The average molecular weight is 374 g/mol. The normalized spacial score (nSPS) is 16.4. The molecule has 148 valence electrons. The van der Waals surface area contributed by atoms with Gasteiger partial charge in [-0.25, -0.2) is 0 Å². The molecule has 1 heterocycles. The third kappa shape index (κ3) is 5.03. The van der Waals surface area contributed by atoms with Gasteiger partial charge in [0, 0.05) is 31.1 Å². The van der Waals surface area contributed by atoms with Gasteiger partial charge in [-0.1, -0.05) is 38.1 Å². The summed E-state index contributed by atoms with van der Waals surface area (Å²) in [6.07, 6.45) is 1.01. The molecule has 6 heteroatoms. The summed E-state index contributed by atoms with van der Waals surface area (Å²) >= 11 is 0. The fourth-order valence-corrected chi connectivity index (χ4v) is 3.47. The summed E-state index contributed by atoms with van der Waals surface area (Å²) < 4.78 is 0. The molecule has 1 aromatic carbocycles. The molecule has 2 rings (SSSR count). The van der Waals surface area contributed by atoms with Crippen molar-refractivity contribution in [2.24, 2.45) is 11.8 Å². The summed E-state index contributed by atoms with van der Waals surface area (Å²) in [6.45, 7) is 6.30. The van der Waals surface area contributed by atoms with Crippen LogP contribution in [-0.4, -0.2) is 47.0 Å². The molecule has 1 aliphatic heterocycles. The van der Waals surface area contributed by atoms with Crippen molar-refractivity contribution in [3.05, 3.63) is 46.5 Å². The van der Waals surface area contributed by atoms with E-state index in [-0.39, 0.29) is 29.1 Å². The van der Waals surface area contributed by atoms with Crippen LogP contribution >= 0.6 is 0 Å². The number of fused-ring (bicyclic) bond motifs is 1. The van der Waals surface area contributed by atoms with Crippen LogP contribution in [0.15, 0.2) is 29.8 Å². The van der Waals surface area contributed by atoms with Crippen LogP contribution in [0.4, 0.5) is 0 Å². The molecule has 0 saturated heterocycles. The van der Waals surface area contributed by atoms with E-state index < -0.39 is 12.7 Å². The molecule has 2 atom stereocenters. The second-order valence-corrected chi connectivity index (χ2v) is 7.49. The van der Waals surface area contributed by atoms with E-state index in [1.807, 2.05) is 32.0 Å². The zero-order valence-electron chi connectivity index (χ0n) is 16.5. The van der Waals surface area contributed by atoms with Crippen LogP contribution in [0.5, 0.6) is 0 Å². The highest BCUT2D eigenvalue weighted by molar-refractivity contribution is 5.95. The number of Topliss-reactive ketones (excluding diaryl/α,β-unsaturated/α-hetero) is 1. The topological polar surface area (TPSA) is 89.9 Å². The Kier molecular flexibility index (Phi) is 7.30. The van der Waals surface area contributed by atoms with Gasteiger partial charge in [0.2, 0.25) is 0 Å². The van der Waals surface area contributed by atoms with Gasteiger partial charge in [-0.15, -0.1) is 0 Å². The third-order valence-electron chi connectivity index (χ3n) is 5.04. The van der Waals surface area contributed by atoms with Gasteiger partial charge in [0.1, 0.15) is 5.78 Å². The van der Waals surface area contributed by atoms with Gasteiger partial charge in [-0.2, -0.15) is 0 Å². The van der Waals surface area contributed by atoms with E-state index >= 15 is 0 Å². The number of ketones is 1. The highest BCUT2D eigenvalue weighted by Gasteiger charge is 2.27. The number of carbonyl (C=O) groups is 2. The Labute approximate surface area is 160 Å². The number of aliphatic hydroxyl groups is 2. The van der Waals surface area contributed by atoms with E-state index in [0.717, 1.165) is 16.7 Å². The van der Waals surface area contributed by atoms with Gasteiger partial charge in [0.25, 0.3) is 5.91 Å². The molecule has 1 aliphatic rings. The maximum atomic E-state index is 12.9. The number of aliphatic hydroxyl groups excluding tert-OH is 2. The van der Waals surface area contributed by atoms with Crippen LogP contribution in [0.2, 0.25) is 0 Å². The largest absolute Gasteiger partial charge is 0.391 e. The fourth-order valence-electron chi connectivity index (χ4n) is 3.47. The Balaban J connectivity index is 2.18. The fraction of sp³-hybridized carbons (Fsp3) is 0.524. The summed E-state index contributed by atoms with van der Waals surface area (Å²) in [6, 6.07) is 5.74. The third-order valence-corrected chi connectivity index (χ3v) is 5.04. The van der Waals surface area contributed by atoms with Crippen molar-refractivity contribution >= 4 is 11.7 Å². The average Bonchev–Trinajstić information content (AvgIpc) is 3.04. The molecule has 0 fully saturated rings. The van der Waals surface area contributed by atoms with Gasteiger partial charge in [-0.05, 0) is 36.6 Å². The van der Waals surface area contributed by atoms with Gasteiger partial charge in [0.05, 0.1) is 12.7 Å². The summed E-state index contributed by atoms with van der Waals surface area (Å²) in [5, 5.41) is 22.8. The maximum Gasteiger partial charge on any atom is 0.252 e. The maximum absolute atomic E-state index is 12.9. The number of hydrogen-bond donors (Lipinski definition) is 3. The highest BCUT2D eigenvalue weighted by Crippen LogP contribution is 2.28. The van der Waals surface area contributed by atoms with Crippen LogP contribution in [0.3, 0.4) is 0 Å². The van der Waals surface area contributed by atoms with E-state index in [4.69, 9.17) is 0 Å². The molecule has 27 heavy (non-hydrogen) atoms. The first-order chi connectivity index (χ1) is 12.8. The Morgan fingerprint density at radius 2 is 1.93 bits per heavy atom. The summed E-state index contributed by atoms with van der Waals surface area (Å²) in [5.74, 6) is -0.595. The smallest absolute Gasteiger partial charge is 0.252 e. The first-order valence-electron chi connectivity index (χ1n) is 9.34. The molecular weight excluding hydrogens is 344 g/mol. The van der Waals surface area contributed by atoms with Gasteiger partial charge >= 0.3 is 0 Å². The Hall–Kier alpha value is -2.02. The number of amides is 1. The van der Waals surface area contributed by atoms with E-state index in [1.165, 1.54) is 6.92 Å². The molecule has 2 unspecified atom stereocenters. The van der Waals surface area contributed by atoms with Crippen LogP contribution < -0.4 is 5.32 Å². The number of rotatable bonds is 8. The number of likely N-dealkylation sites (N-methyl/N-ethyl adjacent to an activating group) is 1. The van der Waals surface area contributed by atoms with E-state index in [9.17, 15) is 19.8 Å². The minimum absolute atomic E-state index is 0.0170. The molecule has 0 aliphatic carbocycles. The molecule has 0 aromatic heterocycles. The molecule has 0 radical (unpaired) electrons. The van der Waals surface area contributed by atoms with Crippen LogP contribution in [-0.2, 0) is 22.7 Å². The predicted molar refractivity (Wildman–Crippen MR) is 104 cm³/mol. The van der Waals surface area contributed by atoms with Crippen LogP contribution in [0.25, 0.3) is 0 Å². The zero-order chi connectivity index (χ0) is 20.1. The van der Waals surface area contributed by atoms with E-state index in [0.29, 0.717) is 19.6 Å². The van der Waals surface area contributed by atoms with Crippen LogP contribution in [0, 0.1) is 11.8 Å². The lowest BCUT2D eigenvalue weighted by molar-refractivity contribution is -0.128. The lowest BCUT2D eigenvalue weighted by atomic mass is 9.90. The van der Waals surface area contributed by atoms with E-state index in [1.54, 1.807) is 18.0 Å². The Morgan fingerprint density at radius 1 is 1.26 bits per heavy atom.